The van der Waals surface area contributed by atoms with Gasteiger partial charge >= 0.3 is 12.1 Å². The largest absolute Gasteiger partial charge is 0.490 e. The van der Waals surface area contributed by atoms with Crippen LogP contribution in [0.15, 0.2) is 24.3 Å². The number of carboxylic acids is 1. The van der Waals surface area contributed by atoms with Crippen molar-refractivity contribution in [2.75, 3.05) is 0 Å². The smallest absolute Gasteiger partial charge is 0.475 e. The summed E-state index contributed by atoms with van der Waals surface area (Å²) < 4.78 is 31.7. The van der Waals surface area contributed by atoms with Gasteiger partial charge in [-0.25, -0.2) is 4.79 Å². The van der Waals surface area contributed by atoms with Crippen LogP contribution in [0.4, 0.5) is 13.2 Å². The monoisotopic (exact) mass is 357 g/mol. The molecule has 2 aliphatic rings. The molecule has 0 radical (unpaired) electrons. The van der Waals surface area contributed by atoms with Crippen LogP contribution in [0.3, 0.4) is 0 Å². The third-order valence-electron chi connectivity index (χ3n) is 4.86. The van der Waals surface area contributed by atoms with Gasteiger partial charge in [0.1, 0.15) is 0 Å². The maximum absolute atomic E-state index is 12.1. The fourth-order valence-corrected chi connectivity index (χ4v) is 3.10. The van der Waals surface area contributed by atoms with Crippen LogP contribution < -0.4 is 5.32 Å². The molecule has 0 heterocycles. The molecular weight excluding hydrogens is 335 g/mol. The highest BCUT2D eigenvalue weighted by molar-refractivity contribution is 5.79. The van der Waals surface area contributed by atoms with Crippen molar-refractivity contribution in [2.24, 2.45) is 11.3 Å². The van der Waals surface area contributed by atoms with Gasteiger partial charge in [-0.2, -0.15) is 13.2 Å². The van der Waals surface area contributed by atoms with Crippen LogP contribution in [-0.2, 0) is 16.1 Å². The molecule has 1 aromatic carbocycles. The van der Waals surface area contributed by atoms with Gasteiger partial charge in [0.2, 0.25) is 5.91 Å². The Labute approximate surface area is 144 Å². The number of carbonyl (C=O) groups excluding carboxylic acids is 1. The van der Waals surface area contributed by atoms with Gasteiger partial charge in [-0.15, -0.1) is 0 Å². The molecule has 25 heavy (non-hydrogen) atoms. The van der Waals surface area contributed by atoms with Gasteiger partial charge in [0.15, 0.2) is 0 Å². The zero-order valence-electron chi connectivity index (χ0n) is 14.0. The third-order valence-corrected chi connectivity index (χ3v) is 4.86. The number of nitrogens with one attached hydrogen (secondary N) is 1. The predicted molar refractivity (Wildman–Crippen MR) is 85.7 cm³/mol. The van der Waals surface area contributed by atoms with Crippen LogP contribution >= 0.6 is 0 Å². The zero-order valence-corrected chi connectivity index (χ0v) is 14.0. The van der Waals surface area contributed by atoms with E-state index >= 15 is 0 Å². The molecule has 1 atom stereocenters. The molecule has 0 saturated heterocycles. The standard InChI is InChI=1S/C16H21NO.C2HF3O2/c1-12-2-4-13(5-3-12)11-17-15(18)14-6-7-16(10-14)8-9-16;3-2(4,5)1(6)7/h2-5,14H,6-11H2,1H3,(H,17,18);(H,6,7)/t14-;/m1./s1. The average molecular weight is 357 g/mol. The first-order valence-corrected chi connectivity index (χ1v) is 8.25. The van der Waals surface area contributed by atoms with Gasteiger partial charge in [-0.3, -0.25) is 4.79 Å². The molecule has 3 rings (SSSR count). The first-order chi connectivity index (χ1) is 11.6. The van der Waals surface area contributed by atoms with Crippen LogP contribution in [0, 0.1) is 18.3 Å². The van der Waals surface area contributed by atoms with Crippen molar-refractivity contribution in [2.45, 2.75) is 51.7 Å². The minimum absolute atomic E-state index is 0.263. The molecular formula is C18H22F3NO3. The lowest BCUT2D eigenvalue weighted by Crippen LogP contribution is -2.29. The molecule has 0 unspecified atom stereocenters. The van der Waals surface area contributed by atoms with Crippen LogP contribution in [0.1, 0.15) is 43.2 Å². The van der Waals surface area contributed by atoms with Crippen LogP contribution in [0.5, 0.6) is 0 Å². The number of rotatable bonds is 3. The van der Waals surface area contributed by atoms with Crippen molar-refractivity contribution in [3.63, 3.8) is 0 Å². The molecule has 1 aromatic rings. The highest BCUT2D eigenvalue weighted by Gasteiger charge is 2.49. The Morgan fingerprint density at radius 1 is 1.20 bits per heavy atom. The number of hydrogen-bond acceptors (Lipinski definition) is 2. The summed E-state index contributed by atoms with van der Waals surface area (Å²) in [5.41, 5.74) is 3.04. The van der Waals surface area contributed by atoms with Gasteiger partial charge in [-0.1, -0.05) is 29.8 Å². The molecule has 2 N–H and O–H groups in total. The number of carboxylic acid groups (broad SMARTS) is 1. The van der Waals surface area contributed by atoms with E-state index in [0.29, 0.717) is 12.0 Å². The van der Waals surface area contributed by atoms with Crippen LogP contribution in [0.2, 0.25) is 0 Å². The van der Waals surface area contributed by atoms with Gasteiger partial charge in [0.05, 0.1) is 0 Å². The highest BCUT2D eigenvalue weighted by atomic mass is 19.4. The summed E-state index contributed by atoms with van der Waals surface area (Å²) in [5.74, 6) is -2.22. The maximum atomic E-state index is 12.1. The minimum atomic E-state index is -5.08. The number of halogens is 3. The van der Waals surface area contributed by atoms with Crippen LogP contribution in [0.25, 0.3) is 0 Å². The lowest BCUT2D eigenvalue weighted by Gasteiger charge is -2.11. The molecule has 138 valence electrons. The zero-order chi connectivity index (χ0) is 18.7. The Bertz CT molecular complexity index is 621. The van der Waals surface area contributed by atoms with E-state index in [9.17, 15) is 18.0 Å². The van der Waals surface area contributed by atoms with Gasteiger partial charge in [0, 0.05) is 12.5 Å². The van der Waals surface area contributed by atoms with E-state index in [4.69, 9.17) is 9.90 Å². The van der Waals surface area contributed by atoms with Crippen molar-refractivity contribution in [3.8, 4) is 0 Å². The Hall–Kier alpha value is -2.05. The summed E-state index contributed by atoms with van der Waals surface area (Å²) in [7, 11) is 0. The predicted octanol–water partition coefficient (Wildman–Crippen LogP) is 3.82. The first-order valence-electron chi connectivity index (χ1n) is 8.25. The summed E-state index contributed by atoms with van der Waals surface area (Å²) in [6, 6.07) is 8.37. The van der Waals surface area contributed by atoms with E-state index in [1.54, 1.807) is 0 Å². The number of alkyl halides is 3. The van der Waals surface area contributed by atoms with Crippen molar-refractivity contribution >= 4 is 11.9 Å². The average Bonchev–Trinajstić information content (AvgIpc) is 3.15. The molecule has 2 fully saturated rings. The molecule has 2 aliphatic carbocycles. The molecule has 0 bridgehead atoms. The Morgan fingerprint density at radius 3 is 2.20 bits per heavy atom. The van der Waals surface area contributed by atoms with Gasteiger partial charge < -0.3 is 10.4 Å². The molecule has 2 saturated carbocycles. The number of carbonyl (C=O) groups is 2. The lowest BCUT2D eigenvalue weighted by atomic mass is 10.0. The van der Waals surface area contributed by atoms with Crippen molar-refractivity contribution in [3.05, 3.63) is 35.4 Å². The Morgan fingerprint density at radius 2 is 1.76 bits per heavy atom. The molecule has 1 amide bonds. The number of aryl methyl sites for hydroxylation is 1. The summed E-state index contributed by atoms with van der Waals surface area (Å²) in [6.45, 7) is 2.75. The fraction of sp³-hybridized carbons (Fsp3) is 0.556. The molecule has 4 nitrogen and oxygen atoms in total. The normalized spacial score (nSPS) is 20.6. The second-order valence-electron chi connectivity index (χ2n) is 6.95. The molecule has 1 spiro atoms. The second kappa shape index (κ2) is 7.45. The van der Waals surface area contributed by atoms with E-state index < -0.39 is 12.1 Å². The van der Waals surface area contributed by atoms with E-state index in [2.05, 4.69) is 36.5 Å². The van der Waals surface area contributed by atoms with Crippen LogP contribution in [-0.4, -0.2) is 23.2 Å². The number of aliphatic carboxylic acids is 1. The maximum Gasteiger partial charge on any atom is 0.490 e. The van der Waals surface area contributed by atoms with Gasteiger partial charge in [-0.05, 0) is 50.0 Å². The fourth-order valence-electron chi connectivity index (χ4n) is 3.10. The van der Waals surface area contributed by atoms with E-state index in [1.165, 1.54) is 30.4 Å². The van der Waals surface area contributed by atoms with E-state index in [-0.39, 0.29) is 11.8 Å². The van der Waals surface area contributed by atoms with Crippen molar-refractivity contribution in [1.82, 2.24) is 5.32 Å². The summed E-state index contributed by atoms with van der Waals surface area (Å²) in [4.78, 5) is 21.0. The van der Waals surface area contributed by atoms with E-state index in [1.807, 2.05) is 0 Å². The minimum Gasteiger partial charge on any atom is -0.475 e. The lowest BCUT2D eigenvalue weighted by molar-refractivity contribution is -0.192. The first kappa shape index (κ1) is 19.3. The van der Waals surface area contributed by atoms with E-state index in [0.717, 1.165) is 12.8 Å². The quantitative estimate of drug-likeness (QED) is 0.864. The second-order valence-corrected chi connectivity index (χ2v) is 6.95. The number of amides is 1. The Balaban J connectivity index is 0.000000277. The summed E-state index contributed by atoms with van der Waals surface area (Å²) in [6.07, 6.45) is 1.13. The summed E-state index contributed by atoms with van der Waals surface area (Å²) in [5, 5.41) is 10.2. The topological polar surface area (TPSA) is 66.4 Å². The number of hydrogen-bond donors (Lipinski definition) is 2. The summed E-state index contributed by atoms with van der Waals surface area (Å²) >= 11 is 0. The Kier molecular flexibility index (Phi) is 5.75. The highest BCUT2D eigenvalue weighted by Crippen LogP contribution is 2.59. The van der Waals surface area contributed by atoms with Gasteiger partial charge in [0.25, 0.3) is 0 Å². The molecule has 0 aromatic heterocycles. The van der Waals surface area contributed by atoms with Crippen molar-refractivity contribution < 1.29 is 27.9 Å². The number of benzene rings is 1. The molecule has 0 aliphatic heterocycles. The van der Waals surface area contributed by atoms with Crippen molar-refractivity contribution in [1.29, 1.82) is 0 Å². The SMILES string of the molecule is Cc1ccc(CNC(=O)[C@@H]2CCC3(CC3)C2)cc1.O=C(O)C(F)(F)F. The molecule has 7 heteroatoms. The third kappa shape index (κ3) is 5.76.